The van der Waals surface area contributed by atoms with Crippen molar-refractivity contribution in [3.63, 3.8) is 0 Å². The van der Waals surface area contributed by atoms with Crippen LogP contribution in [0.15, 0.2) is 0 Å². The zero-order valence-corrected chi connectivity index (χ0v) is 20.7. The van der Waals surface area contributed by atoms with Crippen LogP contribution >= 0.6 is 0 Å². The van der Waals surface area contributed by atoms with Crippen molar-refractivity contribution in [2.24, 2.45) is 16.7 Å². The van der Waals surface area contributed by atoms with Crippen LogP contribution in [-0.4, -0.2) is 25.0 Å². The van der Waals surface area contributed by atoms with Crippen LogP contribution < -0.4 is 5.32 Å². The topological polar surface area (TPSA) is 43.2 Å². The number of carbonyl (C=O) groups excluding carboxylic acids is 1. The molecule has 3 nitrogen and oxygen atoms in total. The van der Waals surface area contributed by atoms with E-state index in [2.05, 4.69) is 38.3 Å². The van der Waals surface area contributed by atoms with Gasteiger partial charge in [-0.15, -0.1) is 6.04 Å². The van der Waals surface area contributed by atoms with Gasteiger partial charge in [0, 0.05) is 12.0 Å². The summed E-state index contributed by atoms with van der Waals surface area (Å²) in [5.74, 6) is 0.185. The molecule has 0 unspecified atom stereocenters. The van der Waals surface area contributed by atoms with Crippen molar-refractivity contribution in [3.05, 3.63) is 5.32 Å². The van der Waals surface area contributed by atoms with Crippen molar-refractivity contribution in [1.29, 1.82) is 0 Å². The van der Waals surface area contributed by atoms with Crippen LogP contribution in [0, 0.1) is 16.7 Å². The molecule has 0 saturated heterocycles. The Balaban J connectivity index is 0. The molecule has 1 amide bonds. The number of rotatable bonds is 3. The molecule has 1 aliphatic carbocycles. The molecular weight excluding hydrogens is 491 g/mol. The summed E-state index contributed by atoms with van der Waals surface area (Å²) in [6, 6.07) is 0.529. The summed E-state index contributed by atoms with van der Waals surface area (Å²) in [5, 5.41) is 7.61. The summed E-state index contributed by atoms with van der Waals surface area (Å²) in [6.45, 7) is 16.6. The molecular formula is C15H31N2ORf-. The molecule has 1 aliphatic rings. The third kappa shape index (κ3) is 3.25. The molecule has 1 saturated carbocycles. The number of hydrogen-bond acceptors (Lipinski definition) is 1. The van der Waals surface area contributed by atoms with Gasteiger partial charge in [-0.3, -0.25) is 4.79 Å². The standard InChI is InChI=1S/C13H25N2O.C2H6.Rf/c1-8(2)9(16)15-11-12(3,4)10(14-7)13(11,5)6;1-2;/h8,10-11H,1-7H3,(H,15,16);1-2H3;/q-1;;. The Morgan fingerprint density at radius 3 is 1.74 bits per heavy atom. The summed E-state index contributed by atoms with van der Waals surface area (Å²) in [4.78, 5) is 11.8. The number of nitrogens with one attached hydrogen (secondary N) is 1. The molecule has 1 N–H and O–H groups in total. The van der Waals surface area contributed by atoms with Crippen molar-refractivity contribution in [3.8, 4) is 0 Å². The van der Waals surface area contributed by atoms with Gasteiger partial charge in [-0.1, -0.05) is 55.4 Å². The van der Waals surface area contributed by atoms with Gasteiger partial charge >= 0.3 is 0 Å². The Morgan fingerprint density at radius 1 is 1.11 bits per heavy atom. The Kier molecular flexibility index (Phi) is 6.82. The van der Waals surface area contributed by atoms with Gasteiger partial charge in [0.15, 0.2) is 0 Å². The molecule has 0 spiro atoms. The Morgan fingerprint density at radius 2 is 1.47 bits per heavy atom. The van der Waals surface area contributed by atoms with E-state index in [4.69, 9.17) is 0 Å². The van der Waals surface area contributed by atoms with E-state index in [1.54, 1.807) is 0 Å². The average molecular weight is 522 g/mol. The molecule has 1 rings (SSSR count). The normalized spacial score (nSPS) is 26.4. The van der Waals surface area contributed by atoms with E-state index in [1.165, 1.54) is 0 Å². The van der Waals surface area contributed by atoms with Gasteiger partial charge < -0.3 is 10.6 Å². The van der Waals surface area contributed by atoms with Gasteiger partial charge in [-0.05, 0) is 10.8 Å². The second kappa shape index (κ2) is 6.55. The van der Waals surface area contributed by atoms with Gasteiger partial charge in [0.05, 0.1) is 0 Å². The summed E-state index contributed by atoms with van der Waals surface area (Å²) >= 11 is 0. The Hall–Kier alpha value is -1.57. The molecule has 0 atom stereocenters. The number of nitrogens with zero attached hydrogens (tertiary/aromatic N) is 1. The third-order valence-corrected chi connectivity index (χ3v) is 3.97. The van der Waals surface area contributed by atoms with E-state index in [-0.39, 0.29) is 28.7 Å². The van der Waals surface area contributed by atoms with Gasteiger partial charge in [0.1, 0.15) is 0 Å². The molecule has 0 heterocycles. The van der Waals surface area contributed by atoms with Crippen LogP contribution in [0.25, 0.3) is 5.32 Å². The summed E-state index contributed by atoms with van der Waals surface area (Å²) in [7, 11) is 1.87. The molecule has 0 aromatic carbocycles. The average Bonchev–Trinajstić information content (AvgIpc) is 2.27. The first-order valence-electron chi connectivity index (χ1n) is 7.05. The van der Waals surface area contributed by atoms with Gasteiger partial charge in [-0.25, -0.2) is 0 Å². The molecule has 0 aliphatic heterocycles. The van der Waals surface area contributed by atoms with Crippen molar-refractivity contribution in [1.82, 2.24) is 5.32 Å². The fraction of sp³-hybridized carbons (Fsp3) is 0.933. The molecule has 110 valence electrons. The number of carbonyl (C=O) groups is 1. The van der Waals surface area contributed by atoms with Crippen LogP contribution in [0.2, 0.25) is 0 Å². The van der Waals surface area contributed by atoms with Crippen LogP contribution in [0.3, 0.4) is 0 Å². The van der Waals surface area contributed by atoms with Crippen LogP contribution in [0.4, 0.5) is 0 Å². The largest absolute Gasteiger partial charge is 0.661 e. The Labute approximate surface area is 113 Å². The van der Waals surface area contributed by atoms with Crippen LogP contribution in [-0.2, 0) is 4.79 Å². The van der Waals surface area contributed by atoms with Crippen LogP contribution in [0.1, 0.15) is 55.4 Å². The zero-order chi connectivity index (χ0) is 14.7. The molecule has 0 aromatic rings. The minimum absolute atomic E-state index is 0. The van der Waals surface area contributed by atoms with Gasteiger partial charge in [0.2, 0.25) is 5.91 Å². The van der Waals surface area contributed by atoms with Crippen molar-refractivity contribution >= 4 is 5.91 Å². The zero-order valence-electron chi connectivity index (χ0n) is 14.3. The maximum absolute atomic E-state index is 11.8. The first-order valence-corrected chi connectivity index (χ1v) is 7.05. The quantitative estimate of drug-likeness (QED) is 0.605. The first-order chi connectivity index (χ1) is 8.15. The molecule has 0 aromatic heterocycles. The Bertz CT molecular complexity index is 272. The van der Waals surface area contributed by atoms with Gasteiger partial charge in [-0.2, -0.15) is 7.05 Å². The smallest absolute Gasteiger partial charge is 0.222 e. The third-order valence-electron chi connectivity index (χ3n) is 3.97. The van der Waals surface area contributed by atoms with E-state index in [1.807, 2.05) is 34.7 Å². The summed E-state index contributed by atoms with van der Waals surface area (Å²) < 4.78 is 0. The van der Waals surface area contributed by atoms with E-state index in [0.717, 1.165) is 0 Å². The van der Waals surface area contributed by atoms with Crippen molar-refractivity contribution in [2.75, 3.05) is 7.05 Å². The van der Waals surface area contributed by atoms with Crippen molar-refractivity contribution in [2.45, 2.75) is 67.5 Å². The molecule has 0 bridgehead atoms. The van der Waals surface area contributed by atoms with E-state index in [0.29, 0.717) is 6.04 Å². The SMILES string of the molecule is CC.C[N-]C1C(C)(C)C(NC(=O)C(C)C)C1(C)C.[Rf]. The fourth-order valence-electron chi connectivity index (χ4n) is 3.48. The molecule has 1 fully saturated rings. The predicted molar refractivity (Wildman–Crippen MR) is 78.7 cm³/mol. The minimum Gasteiger partial charge on any atom is -0.661 e. The summed E-state index contributed by atoms with van der Waals surface area (Å²) in [5.41, 5.74) is 0.117. The maximum atomic E-state index is 11.8. The second-order valence-electron chi connectivity index (χ2n) is 6.40. The molecule has 0 radical (unpaired) electrons. The van der Waals surface area contributed by atoms with E-state index in [9.17, 15) is 4.79 Å². The molecule has 19 heavy (non-hydrogen) atoms. The molecule has 4 heteroatoms. The predicted octanol–water partition coefficient (Wildman–Crippen LogP) is 3.59. The number of amides is 1. The van der Waals surface area contributed by atoms with Gasteiger partial charge in [0.25, 0.3) is 0 Å². The van der Waals surface area contributed by atoms with E-state index < -0.39 is 0 Å². The second-order valence-corrected chi connectivity index (χ2v) is 6.40. The maximum Gasteiger partial charge on any atom is 0.222 e. The fourth-order valence-corrected chi connectivity index (χ4v) is 3.48. The van der Waals surface area contributed by atoms with Crippen molar-refractivity contribution < 1.29 is 4.79 Å². The van der Waals surface area contributed by atoms with Crippen LogP contribution in [0.5, 0.6) is 0 Å². The minimum atomic E-state index is 0. The summed E-state index contributed by atoms with van der Waals surface area (Å²) in [6.07, 6.45) is 0. The number of hydrogen-bond donors (Lipinski definition) is 1. The monoisotopic (exact) mass is 522 g/mol. The van der Waals surface area contributed by atoms with E-state index >= 15 is 0 Å². The first kappa shape index (κ1) is 19.8.